The van der Waals surface area contributed by atoms with E-state index in [-0.39, 0.29) is 6.54 Å². The quantitative estimate of drug-likeness (QED) is 0.887. The van der Waals surface area contributed by atoms with Gasteiger partial charge in [-0.3, -0.25) is 9.59 Å². The zero-order chi connectivity index (χ0) is 15.6. The molecule has 1 unspecified atom stereocenters. The minimum Gasteiger partial charge on any atom is -0.480 e. The van der Waals surface area contributed by atoms with Crippen LogP contribution in [-0.2, 0) is 9.59 Å². The lowest BCUT2D eigenvalue weighted by Gasteiger charge is -2.25. The zero-order valence-corrected chi connectivity index (χ0v) is 10.9. The summed E-state index contributed by atoms with van der Waals surface area (Å²) in [5.74, 6) is -3.12. The number of benzene rings is 1. The van der Waals surface area contributed by atoms with Gasteiger partial charge in [0, 0.05) is 12.2 Å². The molecule has 0 bridgehead atoms. The van der Waals surface area contributed by atoms with Crippen LogP contribution in [0.25, 0.3) is 0 Å². The molecule has 0 aromatic heterocycles. The molecule has 1 atom stereocenters. The molecule has 0 fully saturated rings. The van der Waals surface area contributed by atoms with Crippen LogP contribution in [0.4, 0.5) is 18.9 Å². The molecule has 0 spiro atoms. The molecule has 5 nitrogen and oxygen atoms in total. The number of carboxylic acid groups (broad SMARTS) is 1. The first-order valence-electron chi connectivity index (χ1n) is 6.18. The molecular formula is C13H13F3N2O3. The van der Waals surface area contributed by atoms with Crippen LogP contribution in [0.5, 0.6) is 0 Å². The predicted octanol–water partition coefficient (Wildman–Crippen LogP) is 1.67. The van der Waals surface area contributed by atoms with Gasteiger partial charge in [0.05, 0.1) is 5.92 Å². The number of aliphatic carboxylic acids is 1. The van der Waals surface area contributed by atoms with Crippen molar-refractivity contribution in [3.8, 4) is 0 Å². The number of anilines is 1. The maximum Gasteiger partial charge on any atom is 0.406 e. The summed E-state index contributed by atoms with van der Waals surface area (Å²) in [4.78, 5) is 23.3. The lowest BCUT2D eigenvalue weighted by atomic mass is 10.00. The monoisotopic (exact) mass is 302 g/mol. The first-order chi connectivity index (χ1) is 9.78. The number of hydrogen-bond donors (Lipinski definition) is 2. The van der Waals surface area contributed by atoms with Crippen molar-refractivity contribution in [3.05, 3.63) is 29.8 Å². The summed E-state index contributed by atoms with van der Waals surface area (Å²) in [5.41, 5.74) is 1.26. The third kappa shape index (κ3) is 3.65. The molecule has 1 amide bonds. The number of rotatable bonds is 4. The van der Waals surface area contributed by atoms with Gasteiger partial charge in [-0.15, -0.1) is 0 Å². The SMILES string of the molecule is O=C(O)CN(CC(F)(F)F)C(=O)C1CNc2ccccc21. The molecular weight excluding hydrogens is 289 g/mol. The van der Waals surface area contributed by atoms with Gasteiger partial charge >= 0.3 is 12.1 Å². The molecule has 0 radical (unpaired) electrons. The summed E-state index contributed by atoms with van der Waals surface area (Å²) in [6.07, 6.45) is -4.64. The molecule has 1 aliphatic rings. The van der Waals surface area contributed by atoms with E-state index in [1.807, 2.05) is 0 Å². The fourth-order valence-corrected chi connectivity index (χ4v) is 2.32. The van der Waals surface area contributed by atoms with Crippen LogP contribution in [0.15, 0.2) is 24.3 Å². The van der Waals surface area contributed by atoms with E-state index in [0.717, 1.165) is 0 Å². The van der Waals surface area contributed by atoms with Crippen LogP contribution in [-0.4, -0.2) is 47.7 Å². The van der Waals surface area contributed by atoms with Crippen LogP contribution >= 0.6 is 0 Å². The van der Waals surface area contributed by atoms with Crippen LogP contribution in [0.1, 0.15) is 11.5 Å². The number of amides is 1. The molecule has 8 heteroatoms. The van der Waals surface area contributed by atoms with Gasteiger partial charge < -0.3 is 15.3 Å². The number of nitrogens with zero attached hydrogens (tertiary/aromatic N) is 1. The van der Waals surface area contributed by atoms with Crippen molar-refractivity contribution >= 4 is 17.6 Å². The summed E-state index contributed by atoms with van der Waals surface area (Å²) in [5, 5.41) is 11.6. The highest BCUT2D eigenvalue weighted by Gasteiger charge is 2.38. The molecule has 114 valence electrons. The zero-order valence-electron chi connectivity index (χ0n) is 10.9. The number of halogens is 3. The Bertz CT molecular complexity index is 560. The molecule has 0 saturated heterocycles. The smallest absolute Gasteiger partial charge is 0.406 e. The van der Waals surface area contributed by atoms with Gasteiger partial charge in [0.25, 0.3) is 0 Å². The summed E-state index contributed by atoms with van der Waals surface area (Å²) < 4.78 is 37.5. The van der Waals surface area contributed by atoms with Crippen LogP contribution in [0.3, 0.4) is 0 Å². The molecule has 1 aromatic carbocycles. The summed E-state index contributed by atoms with van der Waals surface area (Å²) >= 11 is 0. The number of hydrogen-bond acceptors (Lipinski definition) is 3. The number of fused-ring (bicyclic) bond motifs is 1. The first-order valence-corrected chi connectivity index (χ1v) is 6.18. The number of alkyl halides is 3. The third-order valence-corrected chi connectivity index (χ3v) is 3.14. The van der Waals surface area contributed by atoms with E-state index >= 15 is 0 Å². The summed E-state index contributed by atoms with van der Waals surface area (Å²) in [6.45, 7) is -2.39. The van der Waals surface area contributed by atoms with Crippen LogP contribution < -0.4 is 5.32 Å². The van der Waals surface area contributed by atoms with Gasteiger partial charge in [-0.25, -0.2) is 0 Å². The average Bonchev–Trinajstić information content (AvgIpc) is 2.78. The third-order valence-electron chi connectivity index (χ3n) is 3.14. The van der Waals surface area contributed by atoms with Crippen molar-refractivity contribution in [2.75, 3.05) is 25.0 Å². The van der Waals surface area contributed by atoms with Crippen LogP contribution in [0.2, 0.25) is 0 Å². The number of nitrogens with one attached hydrogen (secondary N) is 1. The first kappa shape index (κ1) is 15.1. The van der Waals surface area contributed by atoms with E-state index < -0.39 is 37.1 Å². The summed E-state index contributed by atoms with van der Waals surface area (Å²) in [7, 11) is 0. The Balaban J connectivity index is 2.21. The van der Waals surface area contributed by atoms with Crippen molar-refractivity contribution in [1.82, 2.24) is 4.90 Å². The molecule has 1 aliphatic heterocycles. The lowest BCUT2D eigenvalue weighted by Crippen LogP contribution is -2.44. The van der Waals surface area contributed by atoms with E-state index in [1.54, 1.807) is 24.3 Å². The molecule has 2 rings (SSSR count). The molecule has 1 aromatic rings. The maximum atomic E-state index is 12.5. The number of carboxylic acids is 1. The van der Waals surface area contributed by atoms with Crippen LogP contribution in [0, 0.1) is 0 Å². The van der Waals surface area contributed by atoms with Gasteiger partial charge in [0.1, 0.15) is 13.1 Å². The van der Waals surface area contributed by atoms with Gasteiger partial charge in [0.15, 0.2) is 0 Å². The van der Waals surface area contributed by atoms with E-state index in [4.69, 9.17) is 5.11 Å². The standard InChI is InChI=1S/C13H13F3N2O3/c14-13(15,16)7-18(6-11(19)20)12(21)9-5-17-10-4-2-1-3-8(9)10/h1-4,9,17H,5-7H2,(H,19,20). The largest absolute Gasteiger partial charge is 0.480 e. The normalized spacial score (nSPS) is 17.0. The minimum absolute atomic E-state index is 0.159. The van der Waals surface area contributed by atoms with Gasteiger partial charge in [0.2, 0.25) is 5.91 Å². The van der Waals surface area contributed by atoms with Gasteiger partial charge in [-0.2, -0.15) is 13.2 Å². The number of carbonyl (C=O) groups is 2. The topological polar surface area (TPSA) is 69.6 Å². The van der Waals surface area contributed by atoms with E-state index in [0.29, 0.717) is 16.2 Å². The fraction of sp³-hybridized carbons (Fsp3) is 0.385. The Morgan fingerprint density at radius 1 is 1.33 bits per heavy atom. The summed E-state index contributed by atoms with van der Waals surface area (Å²) in [6, 6.07) is 6.78. The molecule has 2 N–H and O–H groups in total. The van der Waals surface area contributed by atoms with Gasteiger partial charge in [-0.05, 0) is 11.6 Å². The highest BCUT2D eigenvalue weighted by Crippen LogP contribution is 2.32. The molecule has 0 saturated carbocycles. The van der Waals surface area contributed by atoms with Crippen molar-refractivity contribution in [2.24, 2.45) is 0 Å². The molecule has 1 heterocycles. The Labute approximate surface area is 118 Å². The average molecular weight is 302 g/mol. The minimum atomic E-state index is -4.64. The second-order valence-electron chi connectivity index (χ2n) is 4.72. The molecule has 21 heavy (non-hydrogen) atoms. The highest BCUT2D eigenvalue weighted by atomic mass is 19.4. The second kappa shape index (κ2) is 5.63. The second-order valence-corrected chi connectivity index (χ2v) is 4.72. The number of para-hydroxylation sites is 1. The Morgan fingerprint density at radius 3 is 2.62 bits per heavy atom. The Hall–Kier alpha value is -2.25. The van der Waals surface area contributed by atoms with E-state index in [1.165, 1.54) is 0 Å². The molecule has 0 aliphatic carbocycles. The van der Waals surface area contributed by atoms with Gasteiger partial charge in [-0.1, -0.05) is 18.2 Å². The fourth-order valence-electron chi connectivity index (χ4n) is 2.32. The van der Waals surface area contributed by atoms with Crippen molar-refractivity contribution < 1.29 is 27.9 Å². The number of carbonyl (C=O) groups excluding carboxylic acids is 1. The van der Waals surface area contributed by atoms with E-state index in [2.05, 4.69) is 5.32 Å². The van der Waals surface area contributed by atoms with Crippen molar-refractivity contribution in [2.45, 2.75) is 12.1 Å². The maximum absolute atomic E-state index is 12.5. The Morgan fingerprint density at radius 2 is 2.00 bits per heavy atom. The van der Waals surface area contributed by atoms with Crippen molar-refractivity contribution in [3.63, 3.8) is 0 Å². The lowest BCUT2D eigenvalue weighted by molar-refractivity contribution is -0.166. The van der Waals surface area contributed by atoms with E-state index in [9.17, 15) is 22.8 Å². The predicted molar refractivity (Wildman–Crippen MR) is 67.9 cm³/mol. The van der Waals surface area contributed by atoms with Crippen molar-refractivity contribution in [1.29, 1.82) is 0 Å². The highest BCUT2D eigenvalue weighted by molar-refractivity contribution is 5.90. The Kier molecular flexibility index (Phi) is 4.06.